The summed E-state index contributed by atoms with van der Waals surface area (Å²) >= 11 is 1.52. The average molecular weight is 284 g/mol. The second-order valence-electron chi connectivity index (χ2n) is 4.97. The molecule has 1 unspecified atom stereocenters. The number of aryl methyl sites for hydroxylation is 2. The van der Waals surface area contributed by atoms with Gasteiger partial charge in [0.25, 0.3) is 0 Å². The number of hydrogen-bond donors (Lipinski definition) is 2. The molecule has 5 nitrogen and oxygen atoms in total. The van der Waals surface area contributed by atoms with Crippen LogP contribution in [0.2, 0.25) is 0 Å². The monoisotopic (exact) mass is 284 g/mol. The first-order valence-corrected chi connectivity index (χ1v) is 7.19. The van der Waals surface area contributed by atoms with Gasteiger partial charge in [0.1, 0.15) is 6.04 Å². The Morgan fingerprint density at radius 3 is 2.63 bits per heavy atom. The molecule has 6 heteroatoms. The Balaban J connectivity index is 2.42. The molecule has 2 N–H and O–H groups in total. The van der Waals surface area contributed by atoms with Crippen molar-refractivity contribution in [3.05, 3.63) is 16.1 Å². The predicted octanol–water partition coefficient (Wildman–Crippen LogP) is 2.00. The highest BCUT2D eigenvalue weighted by atomic mass is 32.1. The molecule has 0 bridgehead atoms. The first kappa shape index (κ1) is 15.6. The van der Waals surface area contributed by atoms with Crippen LogP contribution in [-0.2, 0) is 16.0 Å². The topological polar surface area (TPSA) is 79.3 Å². The lowest BCUT2D eigenvalue weighted by Crippen LogP contribution is -2.41. The minimum absolute atomic E-state index is 0.225. The number of carboxylic acid groups (broad SMARTS) is 1. The Hall–Kier alpha value is -1.43. The minimum Gasteiger partial charge on any atom is -0.480 e. The molecule has 1 amide bonds. The molecule has 1 aromatic heterocycles. The SMILES string of the molecule is Cc1csc(CCC(=O)NC(CC(C)C)C(=O)O)n1. The number of carbonyl (C=O) groups is 2. The van der Waals surface area contributed by atoms with Crippen molar-refractivity contribution in [2.24, 2.45) is 5.92 Å². The van der Waals surface area contributed by atoms with Crippen molar-refractivity contribution in [3.63, 3.8) is 0 Å². The summed E-state index contributed by atoms with van der Waals surface area (Å²) in [6.07, 6.45) is 1.27. The van der Waals surface area contributed by atoms with Crippen LogP contribution < -0.4 is 5.32 Å². The van der Waals surface area contributed by atoms with Crippen molar-refractivity contribution in [1.29, 1.82) is 0 Å². The molecule has 0 aliphatic heterocycles. The number of nitrogens with one attached hydrogen (secondary N) is 1. The van der Waals surface area contributed by atoms with Crippen LogP contribution in [0.15, 0.2) is 5.38 Å². The summed E-state index contributed by atoms with van der Waals surface area (Å²) in [5.74, 6) is -0.990. The number of carbonyl (C=O) groups excluding carboxylic acids is 1. The number of aromatic nitrogens is 1. The third kappa shape index (κ3) is 5.83. The number of hydrogen-bond acceptors (Lipinski definition) is 4. The molecule has 19 heavy (non-hydrogen) atoms. The second kappa shape index (κ2) is 7.23. The highest BCUT2D eigenvalue weighted by Crippen LogP contribution is 2.11. The highest BCUT2D eigenvalue weighted by Gasteiger charge is 2.20. The van der Waals surface area contributed by atoms with Gasteiger partial charge in [-0.05, 0) is 19.3 Å². The number of nitrogens with zero attached hydrogens (tertiary/aromatic N) is 1. The molecule has 1 atom stereocenters. The molecule has 0 fully saturated rings. The molecule has 0 saturated carbocycles. The largest absolute Gasteiger partial charge is 0.480 e. The van der Waals surface area contributed by atoms with E-state index in [0.29, 0.717) is 12.8 Å². The first-order chi connectivity index (χ1) is 8.88. The van der Waals surface area contributed by atoms with Gasteiger partial charge in [0.2, 0.25) is 5.91 Å². The Kier molecular flexibility index (Phi) is 5.95. The van der Waals surface area contributed by atoms with Gasteiger partial charge < -0.3 is 10.4 Å². The van der Waals surface area contributed by atoms with Crippen molar-refractivity contribution in [3.8, 4) is 0 Å². The normalized spacial score (nSPS) is 12.4. The van der Waals surface area contributed by atoms with E-state index in [0.717, 1.165) is 10.7 Å². The maximum atomic E-state index is 11.7. The van der Waals surface area contributed by atoms with Gasteiger partial charge in [-0.1, -0.05) is 13.8 Å². The van der Waals surface area contributed by atoms with Gasteiger partial charge in [-0.25, -0.2) is 9.78 Å². The van der Waals surface area contributed by atoms with Crippen LogP contribution in [0.4, 0.5) is 0 Å². The van der Waals surface area contributed by atoms with Crippen molar-refractivity contribution < 1.29 is 14.7 Å². The van der Waals surface area contributed by atoms with E-state index >= 15 is 0 Å². The molecule has 0 aliphatic rings. The van der Waals surface area contributed by atoms with E-state index in [9.17, 15) is 9.59 Å². The molecule has 0 aromatic carbocycles. The number of carboxylic acids is 1. The summed E-state index contributed by atoms with van der Waals surface area (Å²) in [6, 6.07) is -0.800. The number of rotatable bonds is 7. The van der Waals surface area contributed by atoms with Gasteiger partial charge in [-0.3, -0.25) is 4.79 Å². The standard InChI is InChI=1S/C13H20N2O3S/c1-8(2)6-10(13(17)18)15-11(16)4-5-12-14-9(3)7-19-12/h7-8,10H,4-6H2,1-3H3,(H,15,16)(H,17,18). The van der Waals surface area contributed by atoms with E-state index < -0.39 is 12.0 Å². The number of aliphatic carboxylic acids is 1. The fraction of sp³-hybridized carbons (Fsp3) is 0.615. The third-order valence-electron chi connectivity index (χ3n) is 2.57. The van der Waals surface area contributed by atoms with Crippen LogP contribution in [0.3, 0.4) is 0 Å². The van der Waals surface area contributed by atoms with Crippen molar-refractivity contribution in [1.82, 2.24) is 10.3 Å². The van der Waals surface area contributed by atoms with Crippen LogP contribution in [0, 0.1) is 12.8 Å². The molecule has 1 heterocycles. The summed E-state index contributed by atoms with van der Waals surface area (Å²) in [4.78, 5) is 27.0. The zero-order valence-electron chi connectivity index (χ0n) is 11.5. The van der Waals surface area contributed by atoms with Gasteiger partial charge in [-0.2, -0.15) is 0 Å². The third-order valence-corrected chi connectivity index (χ3v) is 3.60. The summed E-state index contributed by atoms with van der Waals surface area (Å²) in [5, 5.41) is 14.4. The lowest BCUT2D eigenvalue weighted by atomic mass is 10.0. The van der Waals surface area contributed by atoms with Crippen LogP contribution in [-0.4, -0.2) is 28.0 Å². The minimum atomic E-state index is -0.979. The molecule has 0 spiro atoms. The predicted molar refractivity (Wildman–Crippen MR) is 74.2 cm³/mol. The van der Waals surface area contributed by atoms with E-state index in [1.54, 1.807) is 0 Å². The summed E-state index contributed by atoms with van der Waals surface area (Å²) < 4.78 is 0. The lowest BCUT2D eigenvalue weighted by molar-refractivity contribution is -0.142. The fourth-order valence-corrected chi connectivity index (χ4v) is 2.47. The highest BCUT2D eigenvalue weighted by molar-refractivity contribution is 7.09. The molecule has 1 rings (SSSR count). The van der Waals surface area contributed by atoms with Crippen molar-refractivity contribution in [2.45, 2.75) is 46.1 Å². The van der Waals surface area contributed by atoms with E-state index in [-0.39, 0.29) is 18.2 Å². The number of amides is 1. The van der Waals surface area contributed by atoms with Crippen LogP contribution in [0.25, 0.3) is 0 Å². The molecule has 1 aromatic rings. The van der Waals surface area contributed by atoms with E-state index in [4.69, 9.17) is 5.11 Å². The lowest BCUT2D eigenvalue weighted by Gasteiger charge is -2.16. The van der Waals surface area contributed by atoms with Crippen LogP contribution >= 0.6 is 11.3 Å². The summed E-state index contributed by atoms with van der Waals surface area (Å²) in [7, 11) is 0. The van der Waals surface area contributed by atoms with Gasteiger partial charge in [0.15, 0.2) is 0 Å². The average Bonchev–Trinajstić information content (AvgIpc) is 2.71. The maximum absolute atomic E-state index is 11.7. The Labute approximate surface area is 117 Å². The maximum Gasteiger partial charge on any atom is 0.326 e. The van der Waals surface area contributed by atoms with Crippen molar-refractivity contribution >= 4 is 23.2 Å². The number of thiazole rings is 1. The Morgan fingerprint density at radius 1 is 1.47 bits per heavy atom. The van der Waals surface area contributed by atoms with Gasteiger partial charge in [0, 0.05) is 23.9 Å². The summed E-state index contributed by atoms with van der Waals surface area (Å²) in [6.45, 7) is 5.77. The second-order valence-corrected chi connectivity index (χ2v) is 5.91. The summed E-state index contributed by atoms with van der Waals surface area (Å²) in [5.41, 5.74) is 0.948. The molecule has 0 radical (unpaired) electrons. The molecule has 0 aliphatic carbocycles. The molecular formula is C13H20N2O3S. The molecule has 0 saturated heterocycles. The van der Waals surface area contributed by atoms with E-state index in [1.807, 2.05) is 26.2 Å². The van der Waals surface area contributed by atoms with Crippen LogP contribution in [0.1, 0.15) is 37.4 Å². The van der Waals surface area contributed by atoms with Crippen LogP contribution in [0.5, 0.6) is 0 Å². The zero-order valence-corrected chi connectivity index (χ0v) is 12.3. The quantitative estimate of drug-likeness (QED) is 0.802. The smallest absolute Gasteiger partial charge is 0.326 e. The van der Waals surface area contributed by atoms with Gasteiger partial charge in [0.05, 0.1) is 5.01 Å². The Bertz CT molecular complexity index is 443. The zero-order chi connectivity index (χ0) is 14.4. The van der Waals surface area contributed by atoms with E-state index in [2.05, 4.69) is 10.3 Å². The van der Waals surface area contributed by atoms with E-state index in [1.165, 1.54) is 11.3 Å². The first-order valence-electron chi connectivity index (χ1n) is 6.31. The van der Waals surface area contributed by atoms with Gasteiger partial charge >= 0.3 is 5.97 Å². The van der Waals surface area contributed by atoms with Gasteiger partial charge in [-0.15, -0.1) is 11.3 Å². The molecular weight excluding hydrogens is 264 g/mol. The van der Waals surface area contributed by atoms with Crippen molar-refractivity contribution in [2.75, 3.05) is 0 Å². The molecule has 106 valence electrons. The fourth-order valence-electron chi connectivity index (χ4n) is 1.70. The Morgan fingerprint density at radius 2 is 2.16 bits per heavy atom.